The number of methoxy groups -OCH3 is 1. The molecule has 0 saturated carbocycles. The van der Waals surface area contributed by atoms with Crippen molar-refractivity contribution in [3.05, 3.63) is 24.3 Å². The first-order valence-electron chi connectivity index (χ1n) is 9.15. The number of nitrogens with zero attached hydrogens (tertiary/aromatic N) is 3. The van der Waals surface area contributed by atoms with Crippen molar-refractivity contribution in [1.82, 2.24) is 15.1 Å². The van der Waals surface area contributed by atoms with Crippen LogP contribution < -0.4 is 15.0 Å². The van der Waals surface area contributed by atoms with Crippen molar-refractivity contribution in [3.8, 4) is 5.75 Å². The fourth-order valence-corrected chi connectivity index (χ4v) is 2.89. The largest absolute Gasteiger partial charge is 0.497 e. The maximum absolute atomic E-state index is 12.3. The summed E-state index contributed by atoms with van der Waals surface area (Å²) in [6, 6.07) is 8.04. The summed E-state index contributed by atoms with van der Waals surface area (Å²) in [5.41, 5.74) is 1.17. The van der Waals surface area contributed by atoms with Crippen LogP contribution in [0.5, 0.6) is 5.75 Å². The van der Waals surface area contributed by atoms with Crippen molar-refractivity contribution in [2.45, 2.75) is 13.3 Å². The molecule has 1 heterocycles. The predicted molar refractivity (Wildman–Crippen MR) is 103 cm³/mol. The molecule has 7 heteroatoms. The van der Waals surface area contributed by atoms with Gasteiger partial charge < -0.3 is 19.9 Å². The summed E-state index contributed by atoms with van der Waals surface area (Å²) in [5, 5.41) is 2.79. The van der Waals surface area contributed by atoms with Gasteiger partial charge in [-0.2, -0.15) is 0 Å². The molecule has 0 spiro atoms. The number of amides is 2. The number of hydrogen-bond acceptors (Lipinski definition) is 5. The van der Waals surface area contributed by atoms with E-state index < -0.39 is 0 Å². The maximum Gasteiger partial charge on any atom is 0.239 e. The van der Waals surface area contributed by atoms with Gasteiger partial charge >= 0.3 is 0 Å². The van der Waals surface area contributed by atoms with Crippen LogP contribution in [0.4, 0.5) is 5.69 Å². The van der Waals surface area contributed by atoms with Crippen LogP contribution in [0.1, 0.15) is 13.3 Å². The van der Waals surface area contributed by atoms with Crippen molar-refractivity contribution in [3.63, 3.8) is 0 Å². The minimum absolute atomic E-state index is 0.0189. The zero-order chi connectivity index (χ0) is 18.9. The molecule has 1 fully saturated rings. The molecule has 7 nitrogen and oxygen atoms in total. The fourth-order valence-electron chi connectivity index (χ4n) is 2.89. The second kappa shape index (κ2) is 10.0. The highest BCUT2D eigenvalue weighted by Gasteiger charge is 2.21. The molecule has 0 unspecified atom stereocenters. The highest BCUT2D eigenvalue weighted by molar-refractivity contribution is 5.85. The van der Waals surface area contributed by atoms with E-state index in [0.29, 0.717) is 13.1 Å². The molecule has 0 aromatic heterocycles. The Balaban J connectivity index is 1.75. The lowest BCUT2D eigenvalue weighted by Crippen LogP contribution is -2.50. The molecular formula is C19H30N4O3. The molecule has 26 heavy (non-hydrogen) atoms. The van der Waals surface area contributed by atoms with Gasteiger partial charge in [-0.15, -0.1) is 0 Å². The standard InChI is InChI=1S/C19H30N4O3/c1-4-9-20-18(24)14-21(2)19(25)15-22-10-12-23(13-11-22)16-5-7-17(26-3)8-6-16/h5-8H,4,9-15H2,1-3H3,(H,20,24). The van der Waals surface area contributed by atoms with E-state index in [1.54, 1.807) is 14.2 Å². The van der Waals surface area contributed by atoms with Gasteiger partial charge in [0.15, 0.2) is 0 Å². The Bertz CT molecular complexity index is 583. The summed E-state index contributed by atoms with van der Waals surface area (Å²) in [7, 11) is 3.34. The molecule has 0 bridgehead atoms. The number of benzene rings is 1. The molecular weight excluding hydrogens is 332 g/mol. The Morgan fingerprint density at radius 2 is 1.81 bits per heavy atom. The molecule has 0 aliphatic carbocycles. The molecule has 1 aliphatic rings. The van der Waals surface area contributed by atoms with Crippen LogP contribution in [0.15, 0.2) is 24.3 Å². The highest BCUT2D eigenvalue weighted by Crippen LogP contribution is 2.20. The number of anilines is 1. The molecule has 0 radical (unpaired) electrons. The quantitative estimate of drug-likeness (QED) is 0.741. The molecule has 0 atom stereocenters. The summed E-state index contributed by atoms with van der Waals surface area (Å²) in [4.78, 5) is 30.0. The van der Waals surface area contributed by atoms with Gasteiger partial charge in [-0.05, 0) is 30.7 Å². The second-order valence-corrected chi connectivity index (χ2v) is 6.56. The number of hydrogen-bond donors (Lipinski definition) is 1. The van der Waals surface area contributed by atoms with Crippen molar-refractivity contribution < 1.29 is 14.3 Å². The Labute approximate surface area is 155 Å². The lowest BCUT2D eigenvalue weighted by molar-refractivity contribution is -0.135. The van der Waals surface area contributed by atoms with Gasteiger partial charge in [0, 0.05) is 45.5 Å². The smallest absolute Gasteiger partial charge is 0.239 e. The summed E-state index contributed by atoms with van der Waals surface area (Å²) < 4.78 is 5.19. The highest BCUT2D eigenvalue weighted by atomic mass is 16.5. The van der Waals surface area contributed by atoms with Crippen LogP contribution in [0.2, 0.25) is 0 Å². The maximum atomic E-state index is 12.3. The number of carbonyl (C=O) groups is 2. The van der Waals surface area contributed by atoms with Gasteiger partial charge in [0.1, 0.15) is 5.75 Å². The lowest BCUT2D eigenvalue weighted by Gasteiger charge is -2.36. The van der Waals surface area contributed by atoms with E-state index in [9.17, 15) is 9.59 Å². The summed E-state index contributed by atoms with van der Waals surface area (Å²) in [5.74, 6) is 0.727. The summed E-state index contributed by atoms with van der Waals surface area (Å²) >= 11 is 0. The van der Waals surface area contributed by atoms with Crippen LogP contribution in [-0.2, 0) is 9.59 Å². The van der Waals surface area contributed by atoms with Crippen LogP contribution in [0.3, 0.4) is 0 Å². The first-order chi connectivity index (χ1) is 12.5. The molecule has 1 saturated heterocycles. The first-order valence-corrected chi connectivity index (χ1v) is 9.15. The summed E-state index contributed by atoms with van der Waals surface area (Å²) in [6.07, 6.45) is 0.891. The molecule has 144 valence electrons. The van der Waals surface area contributed by atoms with E-state index >= 15 is 0 Å². The topological polar surface area (TPSA) is 65.1 Å². The fraction of sp³-hybridized carbons (Fsp3) is 0.579. The van der Waals surface area contributed by atoms with Gasteiger partial charge in [-0.25, -0.2) is 0 Å². The van der Waals surface area contributed by atoms with Gasteiger partial charge in [0.25, 0.3) is 0 Å². The Hall–Kier alpha value is -2.28. The molecule has 1 aromatic rings. The van der Waals surface area contributed by atoms with Gasteiger partial charge in [-0.1, -0.05) is 6.92 Å². The molecule has 1 aromatic carbocycles. The third-order valence-corrected chi connectivity index (χ3v) is 4.55. The Kier molecular flexibility index (Phi) is 7.72. The normalized spacial score (nSPS) is 14.8. The van der Waals surface area contributed by atoms with E-state index in [-0.39, 0.29) is 18.4 Å². The van der Waals surface area contributed by atoms with Crippen LogP contribution >= 0.6 is 0 Å². The zero-order valence-corrected chi connectivity index (χ0v) is 16.0. The molecule has 1 aliphatic heterocycles. The SMILES string of the molecule is CCCNC(=O)CN(C)C(=O)CN1CCN(c2ccc(OC)cc2)CC1. The Morgan fingerprint density at radius 1 is 1.15 bits per heavy atom. The number of piperazine rings is 1. The van der Waals surface area contributed by atoms with Crippen LogP contribution in [0, 0.1) is 0 Å². The number of nitrogens with one attached hydrogen (secondary N) is 1. The van der Waals surface area contributed by atoms with Gasteiger partial charge in [0.2, 0.25) is 11.8 Å². The molecule has 2 rings (SSSR count). The second-order valence-electron chi connectivity index (χ2n) is 6.56. The minimum Gasteiger partial charge on any atom is -0.497 e. The van der Waals surface area contributed by atoms with Crippen molar-refractivity contribution >= 4 is 17.5 Å². The predicted octanol–water partition coefficient (Wildman–Crippen LogP) is 0.802. The molecule has 1 N–H and O–H groups in total. The van der Waals surface area contributed by atoms with Crippen LogP contribution in [0.25, 0.3) is 0 Å². The number of carbonyl (C=O) groups excluding carboxylic acids is 2. The third-order valence-electron chi connectivity index (χ3n) is 4.55. The lowest BCUT2D eigenvalue weighted by atomic mass is 10.2. The average Bonchev–Trinajstić information content (AvgIpc) is 2.67. The number of likely N-dealkylation sites (N-methyl/N-ethyl adjacent to an activating group) is 1. The van der Waals surface area contributed by atoms with E-state index in [1.807, 2.05) is 19.1 Å². The average molecular weight is 362 g/mol. The first kappa shape index (κ1) is 20.0. The van der Waals surface area contributed by atoms with Crippen molar-refractivity contribution in [1.29, 1.82) is 0 Å². The number of rotatable bonds is 8. The number of ether oxygens (including phenoxy) is 1. The monoisotopic (exact) mass is 362 g/mol. The third kappa shape index (κ3) is 5.91. The van der Waals surface area contributed by atoms with E-state index in [2.05, 4.69) is 27.2 Å². The van der Waals surface area contributed by atoms with E-state index in [0.717, 1.165) is 38.3 Å². The van der Waals surface area contributed by atoms with E-state index in [4.69, 9.17) is 4.74 Å². The van der Waals surface area contributed by atoms with Gasteiger partial charge in [-0.3, -0.25) is 14.5 Å². The Morgan fingerprint density at radius 3 is 2.38 bits per heavy atom. The van der Waals surface area contributed by atoms with Crippen LogP contribution in [-0.4, -0.2) is 81.6 Å². The van der Waals surface area contributed by atoms with E-state index in [1.165, 1.54) is 10.6 Å². The van der Waals surface area contributed by atoms with Gasteiger partial charge in [0.05, 0.1) is 20.2 Å². The zero-order valence-electron chi connectivity index (χ0n) is 16.0. The minimum atomic E-state index is -0.105. The van der Waals surface area contributed by atoms with Crippen molar-refractivity contribution in [2.75, 3.05) is 64.9 Å². The molecule has 2 amide bonds. The van der Waals surface area contributed by atoms with Crippen molar-refractivity contribution in [2.24, 2.45) is 0 Å². The summed E-state index contributed by atoms with van der Waals surface area (Å²) in [6.45, 7) is 6.52.